The quantitative estimate of drug-likeness (QED) is 0.465. The van der Waals surface area contributed by atoms with Gasteiger partial charge in [0.05, 0.1) is 9.82 Å². The van der Waals surface area contributed by atoms with E-state index in [1.807, 2.05) is 0 Å². The lowest BCUT2D eigenvalue weighted by Crippen LogP contribution is -2.08. The Kier molecular flexibility index (Phi) is 5.57. The van der Waals surface area contributed by atoms with Crippen LogP contribution < -0.4 is 0 Å². The summed E-state index contributed by atoms with van der Waals surface area (Å²) in [5.74, 6) is 0. The summed E-state index contributed by atoms with van der Waals surface area (Å²) in [6.45, 7) is 0. The Morgan fingerprint density at radius 1 is 1.27 bits per heavy atom. The van der Waals surface area contributed by atoms with E-state index in [1.54, 1.807) is 36.0 Å². The summed E-state index contributed by atoms with van der Waals surface area (Å²) < 4.78 is 0. The van der Waals surface area contributed by atoms with Crippen LogP contribution in [0.15, 0.2) is 28.7 Å². The molecule has 0 N–H and O–H groups in total. The zero-order chi connectivity index (χ0) is 15.9. The summed E-state index contributed by atoms with van der Waals surface area (Å²) in [5, 5.41) is 29.2. The number of nitro groups is 1. The number of nitro benzene ring substituents is 1. The Morgan fingerprint density at radius 2 is 1.95 bits per heavy atom. The third-order valence-electron chi connectivity index (χ3n) is 3.58. The molecule has 1 aliphatic rings. The number of nitrogens with zero attached hydrogens (tertiary/aromatic N) is 3. The fourth-order valence-electron chi connectivity index (χ4n) is 2.49. The molecule has 1 fully saturated rings. The normalized spacial score (nSPS) is 14.6. The minimum atomic E-state index is -0.402. The summed E-state index contributed by atoms with van der Waals surface area (Å²) >= 11 is 1.57. The molecule has 0 bridgehead atoms. The monoisotopic (exact) mass is 313 g/mol. The van der Waals surface area contributed by atoms with Gasteiger partial charge in [-0.1, -0.05) is 25.3 Å². The minimum absolute atomic E-state index is 0.0413. The van der Waals surface area contributed by atoms with Crippen LogP contribution in [0, 0.1) is 32.8 Å². The topological polar surface area (TPSA) is 90.7 Å². The molecule has 2 rings (SSSR count). The van der Waals surface area contributed by atoms with Gasteiger partial charge >= 0.3 is 0 Å². The molecule has 0 saturated heterocycles. The third kappa shape index (κ3) is 4.09. The van der Waals surface area contributed by atoms with Gasteiger partial charge in [0.15, 0.2) is 0 Å². The van der Waals surface area contributed by atoms with E-state index < -0.39 is 4.92 Å². The maximum absolute atomic E-state index is 11.3. The maximum atomic E-state index is 11.3. The molecular formula is C16H15N3O2S. The Balaban J connectivity index is 2.28. The van der Waals surface area contributed by atoms with E-state index in [1.165, 1.54) is 31.4 Å². The molecule has 0 aromatic heterocycles. The zero-order valence-electron chi connectivity index (χ0n) is 12.0. The van der Waals surface area contributed by atoms with Crippen molar-refractivity contribution in [2.75, 3.05) is 0 Å². The van der Waals surface area contributed by atoms with E-state index in [9.17, 15) is 10.1 Å². The molecule has 112 valence electrons. The Hall–Kier alpha value is -2.31. The summed E-state index contributed by atoms with van der Waals surface area (Å²) in [6.07, 6.45) is 7.16. The van der Waals surface area contributed by atoms with Crippen LogP contribution in [0.1, 0.15) is 37.7 Å². The second-order valence-electron chi connectivity index (χ2n) is 5.14. The number of nitriles is 2. The smallest absolute Gasteiger partial charge is 0.258 e. The molecule has 0 atom stereocenters. The van der Waals surface area contributed by atoms with Crippen LogP contribution in [0.3, 0.4) is 0 Å². The first kappa shape index (κ1) is 16.1. The van der Waals surface area contributed by atoms with Crippen molar-refractivity contribution in [3.8, 4) is 12.1 Å². The predicted molar refractivity (Wildman–Crippen MR) is 85.0 cm³/mol. The van der Waals surface area contributed by atoms with Crippen molar-refractivity contribution < 1.29 is 4.92 Å². The number of thioether (sulfide) groups is 1. The molecule has 1 saturated carbocycles. The molecule has 0 heterocycles. The van der Waals surface area contributed by atoms with Gasteiger partial charge in [-0.2, -0.15) is 10.5 Å². The van der Waals surface area contributed by atoms with E-state index in [0.717, 1.165) is 12.8 Å². The minimum Gasteiger partial charge on any atom is -0.258 e. The lowest BCUT2D eigenvalue weighted by molar-refractivity contribution is -0.387. The highest BCUT2D eigenvalue weighted by molar-refractivity contribution is 8.00. The van der Waals surface area contributed by atoms with Crippen LogP contribution in [0.25, 0.3) is 6.08 Å². The molecule has 0 unspecified atom stereocenters. The van der Waals surface area contributed by atoms with E-state index in [-0.39, 0.29) is 11.3 Å². The molecule has 0 aliphatic heterocycles. The van der Waals surface area contributed by atoms with Crippen molar-refractivity contribution in [3.05, 3.63) is 39.4 Å². The average Bonchev–Trinajstić information content (AvgIpc) is 2.54. The molecular weight excluding hydrogens is 298 g/mol. The molecule has 1 aromatic rings. The lowest BCUT2D eigenvalue weighted by atomic mass is 10.0. The van der Waals surface area contributed by atoms with E-state index in [0.29, 0.717) is 15.7 Å². The van der Waals surface area contributed by atoms with Crippen molar-refractivity contribution in [2.24, 2.45) is 0 Å². The maximum Gasteiger partial charge on any atom is 0.283 e. The SMILES string of the molecule is N#CC(C#N)=Cc1ccc(SC2CCCCC2)c([N+](=O)[O-])c1. The third-order valence-corrected chi connectivity index (χ3v) is 4.98. The molecule has 1 aromatic carbocycles. The van der Waals surface area contributed by atoms with Gasteiger partial charge in [0.25, 0.3) is 5.69 Å². The number of rotatable bonds is 4. The second kappa shape index (κ2) is 7.63. The van der Waals surface area contributed by atoms with Crippen molar-refractivity contribution >= 4 is 23.5 Å². The van der Waals surface area contributed by atoms with E-state index >= 15 is 0 Å². The van der Waals surface area contributed by atoms with Crippen molar-refractivity contribution in [2.45, 2.75) is 42.2 Å². The standard InChI is InChI=1S/C16H15N3O2S/c17-10-13(11-18)8-12-6-7-16(15(9-12)19(20)21)22-14-4-2-1-3-5-14/h6-9,14H,1-5H2. The second-order valence-corrected chi connectivity index (χ2v) is 6.49. The molecule has 1 aliphatic carbocycles. The van der Waals surface area contributed by atoms with Gasteiger partial charge in [-0.15, -0.1) is 11.8 Å². The van der Waals surface area contributed by atoms with Gasteiger partial charge in [0, 0.05) is 11.3 Å². The van der Waals surface area contributed by atoms with Crippen LogP contribution in [-0.2, 0) is 0 Å². The fourth-order valence-corrected chi connectivity index (χ4v) is 3.81. The molecule has 22 heavy (non-hydrogen) atoms. The lowest BCUT2D eigenvalue weighted by Gasteiger charge is -2.20. The largest absolute Gasteiger partial charge is 0.283 e. The van der Waals surface area contributed by atoms with Crippen LogP contribution >= 0.6 is 11.8 Å². The van der Waals surface area contributed by atoms with Crippen molar-refractivity contribution in [1.82, 2.24) is 0 Å². The van der Waals surface area contributed by atoms with Gasteiger partial charge in [-0.3, -0.25) is 10.1 Å². The number of benzene rings is 1. The van der Waals surface area contributed by atoms with E-state index in [4.69, 9.17) is 10.5 Å². The first-order chi connectivity index (χ1) is 10.6. The Labute approximate surface area is 133 Å². The van der Waals surface area contributed by atoms with Gasteiger partial charge < -0.3 is 0 Å². The molecule has 0 amide bonds. The van der Waals surface area contributed by atoms with Gasteiger partial charge in [0.1, 0.15) is 17.7 Å². The highest BCUT2D eigenvalue weighted by Gasteiger charge is 2.21. The Morgan fingerprint density at radius 3 is 2.55 bits per heavy atom. The molecule has 0 radical (unpaired) electrons. The van der Waals surface area contributed by atoms with Crippen LogP contribution in [-0.4, -0.2) is 10.2 Å². The Bertz CT molecular complexity index is 664. The first-order valence-corrected chi connectivity index (χ1v) is 7.99. The van der Waals surface area contributed by atoms with E-state index in [2.05, 4.69) is 0 Å². The van der Waals surface area contributed by atoms with Gasteiger partial charge in [-0.25, -0.2) is 0 Å². The van der Waals surface area contributed by atoms with Crippen LogP contribution in [0.2, 0.25) is 0 Å². The van der Waals surface area contributed by atoms with Crippen molar-refractivity contribution in [1.29, 1.82) is 10.5 Å². The first-order valence-electron chi connectivity index (χ1n) is 7.11. The summed E-state index contributed by atoms with van der Waals surface area (Å²) in [4.78, 5) is 11.5. The van der Waals surface area contributed by atoms with Crippen molar-refractivity contribution in [3.63, 3.8) is 0 Å². The number of hydrogen-bond acceptors (Lipinski definition) is 5. The summed E-state index contributed by atoms with van der Waals surface area (Å²) in [5.41, 5.74) is 0.472. The van der Waals surface area contributed by atoms with Gasteiger partial charge in [-0.05, 0) is 30.5 Å². The predicted octanol–water partition coefficient (Wildman–Crippen LogP) is 4.45. The van der Waals surface area contributed by atoms with Crippen LogP contribution in [0.5, 0.6) is 0 Å². The average molecular weight is 313 g/mol. The number of hydrogen-bond donors (Lipinski definition) is 0. The molecule has 6 heteroatoms. The number of allylic oxidation sites excluding steroid dienone is 1. The molecule has 5 nitrogen and oxygen atoms in total. The van der Waals surface area contributed by atoms with Crippen LogP contribution in [0.4, 0.5) is 5.69 Å². The summed E-state index contributed by atoms with van der Waals surface area (Å²) in [7, 11) is 0. The van der Waals surface area contributed by atoms with Gasteiger partial charge in [0.2, 0.25) is 0 Å². The summed E-state index contributed by atoms with van der Waals surface area (Å²) in [6, 6.07) is 8.37. The highest BCUT2D eigenvalue weighted by atomic mass is 32.2. The highest BCUT2D eigenvalue weighted by Crippen LogP contribution is 2.38. The molecule has 0 spiro atoms. The fraction of sp³-hybridized carbons (Fsp3) is 0.375. The zero-order valence-corrected chi connectivity index (χ0v) is 12.8.